The zero-order valence-corrected chi connectivity index (χ0v) is 24.5. The van der Waals surface area contributed by atoms with Crippen LogP contribution in [0.4, 0.5) is 0 Å². The van der Waals surface area contributed by atoms with Crippen LogP contribution in [0.1, 0.15) is 65.4 Å². The Kier molecular flexibility index (Phi) is 14.4. The Labute approximate surface area is 230 Å². The third-order valence-corrected chi connectivity index (χ3v) is 7.81. The lowest BCUT2D eigenvalue weighted by Gasteiger charge is -2.31. The fraction of sp³-hybridized carbons (Fsp3) is 0.767. The summed E-state index contributed by atoms with van der Waals surface area (Å²) in [6.45, 7) is 11.5. The molecule has 0 bridgehead atoms. The Morgan fingerprint density at radius 2 is 1.79 bits per heavy atom. The average Bonchev–Trinajstić information content (AvgIpc) is 2.89. The molecule has 218 valence electrons. The zero-order valence-electron chi connectivity index (χ0n) is 24.5. The zero-order chi connectivity index (χ0) is 28.1. The summed E-state index contributed by atoms with van der Waals surface area (Å²) in [5.41, 5.74) is 7.71. The van der Waals surface area contributed by atoms with Gasteiger partial charge >= 0.3 is 0 Å². The Hall–Kier alpha value is -1.87. The number of benzene rings is 1. The van der Waals surface area contributed by atoms with Gasteiger partial charge in [-0.25, -0.2) is 0 Å². The monoisotopic (exact) mass is 535 g/mol. The molecule has 8 heteroatoms. The first-order chi connectivity index (χ1) is 18.2. The second kappa shape index (κ2) is 17.0. The highest BCUT2D eigenvalue weighted by atomic mass is 16.5. The van der Waals surface area contributed by atoms with E-state index in [2.05, 4.69) is 30.5 Å². The van der Waals surface area contributed by atoms with Gasteiger partial charge in [0.25, 0.3) is 0 Å². The van der Waals surface area contributed by atoms with Gasteiger partial charge in [-0.3, -0.25) is 4.79 Å². The standard InChI is InChI=1S/C30H53N3O5/c1-20(2)23(16-22-8-9-28(37-6)29(17-22)38-15-7-14-36-5)18-26(31)27(34)19-25(21(3)4)30(35)33-24-10-12-32-13-11-24/h8-9,17,20-21,23-27,32,34H,7,10-16,18-19,31H2,1-6H3,(H,33,35)/t23-,25-,26-,27?/m0/s1. The molecule has 0 aromatic heterocycles. The van der Waals surface area contributed by atoms with Crippen molar-refractivity contribution in [3.63, 3.8) is 0 Å². The molecule has 1 aliphatic heterocycles. The maximum atomic E-state index is 13.1. The molecular formula is C30H53N3O5. The molecule has 1 heterocycles. The fourth-order valence-electron chi connectivity index (χ4n) is 5.14. The maximum Gasteiger partial charge on any atom is 0.223 e. The van der Waals surface area contributed by atoms with Gasteiger partial charge in [-0.15, -0.1) is 0 Å². The third-order valence-electron chi connectivity index (χ3n) is 7.81. The van der Waals surface area contributed by atoms with E-state index in [-0.39, 0.29) is 29.7 Å². The van der Waals surface area contributed by atoms with Gasteiger partial charge in [0.1, 0.15) is 0 Å². The van der Waals surface area contributed by atoms with Crippen molar-refractivity contribution in [1.82, 2.24) is 10.6 Å². The number of carbonyl (C=O) groups excluding carboxylic acids is 1. The minimum atomic E-state index is -0.738. The van der Waals surface area contributed by atoms with Crippen molar-refractivity contribution in [3.8, 4) is 11.5 Å². The van der Waals surface area contributed by atoms with Gasteiger partial charge in [-0.2, -0.15) is 0 Å². The van der Waals surface area contributed by atoms with Crippen molar-refractivity contribution in [2.45, 2.75) is 84.4 Å². The number of carbonyl (C=O) groups is 1. The van der Waals surface area contributed by atoms with Crippen LogP contribution in [-0.4, -0.2) is 69.7 Å². The Bertz CT molecular complexity index is 813. The van der Waals surface area contributed by atoms with Crippen LogP contribution in [-0.2, 0) is 16.0 Å². The molecular weight excluding hydrogens is 482 g/mol. The summed E-state index contributed by atoms with van der Waals surface area (Å²) in [7, 11) is 3.33. The van der Waals surface area contributed by atoms with Crippen molar-refractivity contribution in [2.75, 3.05) is 40.5 Å². The molecule has 1 amide bonds. The smallest absolute Gasteiger partial charge is 0.223 e. The highest BCUT2D eigenvalue weighted by Crippen LogP contribution is 2.32. The first-order valence-electron chi connectivity index (χ1n) is 14.4. The van der Waals surface area contributed by atoms with E-state index in [0.717, 1.165) is 50.1 Å². The minimum Gasteiger partial charge on any atom is -0.493 e. The topological polar surface area (TPSA) is 115 Å². The SMILES string of the molecule is COCCCOc1cc(C[C@@H](C[C@H](N)C(O)C[C@H](C(=O)NC2CCNCC2)C(C)C)C(C)C)ccc1OC. The number of nitrogens with one attached hydrogen (secondary N) is 2. The third kappa shape index (κ3) is 10.7. The number of piperidine rings is 1. The number of methoxy groups -OCH3 is 2. The summed E-state index contributed by atoms with van der Waals surface area (Å²) in [5, 5.41) is 17.6. The molecule has 0 aliphatic carbocycles. The molecule has 1 fully saturated rings. The van der Waals surface area contributed by atoms with Gasteiger partial charge < -0.3 is 35.7 Å². The summed E-state index contributed by atoms with van der Waals surface area (Å²) in [6.07, 6.45) is 3.83. The van der Waals surface area contributed by atoms with Crippen LogP contribution in [0.2, 0.25) is 0 Å². The van der Waals surface area contributed by atoms with Crippen molar-refractivity contribution < 1.29 is 24.1 Å². The van der Waals surface area contributed by atoms with E-state index in [0.29, 0.717) is 37.7 Å². The van der Waals surface area contributed by atoms with Crippen LogP contribution in [0.15, 0.2) is 18.2 Å². The van der Waals surface area contributed by atoms with Crippen LogP contribution in [0.25, 0.3) is 0 Å². The molecule has 1 aliphatic rings. The molecule has 4 atom stereocenters. The molecule has 1 aromatic carbocycles. The number of ether oxygens (including phenoxy) is 3. The normalized spacial score (nSPS) is 17.7. The molecule has 1 aromatic rings. The second-order valence-electron chi connectivity index (χ2n) is 11.5. The number of amides is 1. The lowest BCUT2D eigenvalue weighted by Crippen LogP contribution is -2.47. The van der Waals surface area contributed by atoms with Gasteiger partial charge in [-0.1, -0.05) is 33.8 Å². The quantitative estimate of drug-likeness (QED) is 0.226. The number of hydrogen-bond acceptors (Lipinski definition) is 7. The Morgan fingerprint density at radius 3 is 2.39 bits per heavy atom. The van der Waals surface area contributed by atoms with E-state index in [9.17, 15) is 9.90 Å². The fourth-order valence-corrected chi connectivity index (χ4v) is 5.14. The lowest BCUT2D eigenvalue weighted by molar-refractivity contribution is -0.128. The largest absolute Gasteiger partial charge is 0.493 e. The highest BCUT2D eigenvalue weighted by Gasteiger charge is 2.31. The molecule has 0 spiro atoms. The Morgan fingerprint density at radius 1 is 1.08 bits per heavy atom. The van der Waals surface area contributed by atoms with Crippen LogP contribution in [0, 0.1) is 23.7 Å². The molecule has 1 unspecified atom stereocenters. The number of nitrogens with two attached hydrogens (primary N) is 1. The van der Waals surface area contributed by atoms with Crippen molar-refractivity contribution in [2.24, 2.45) is 29.4 Å². The summed E-state index contributed by atoms with van der Waals surface area (Å²) in [5.74, 6) is 1.99. The van der Waals surface area contributed by atoms with E-state index in [4.69, 9.17) is 19.9 Å². The summed E-state index contributed by atoms with van der Waals surface area (Å²) < 4.78 is 16.6. The van der Waals surface area contributed by atoms with Crippen LogP contribution in [0.5, 0.6) is 11.5 Å². The average molecular weight is 536 g/mol. The van der Waals surface area contributed by atoms with Crippen LogP contribution >= 0.6 is 0 Å². The number of hydrogen-bond donors (Lipinski definition) is 4. The summed E-state index contributed by atoms with van der Waals surface area (Å²) >= 11 is 0. The van der Waals surface area contributed by atoms with E-state index < -0.39 is 12.1 Å². The van der Waals surface area contributed by atoms with Gasteiger partial charge in [0.2, 0.25) is 5.91 Å². The highest BCUT2D eigenvalue weighted by molar-refractivity contribution is 5.79. The van der Waals surface area contributed by atoms with Crippen molar-refractivity contribution in [1.29, 1.82) is 0 Å². The van der Waals surface area contributed by atoms with Gasteiger partial charge in [0.15, 0.2) is 11.5 Å². The molecule has 2 rings (SSSR count). The van der Waals surface area contributed by atoms with E-state index in [1.807, 2.05) is 26.0 Å². The van der Waals surface area contributed by atoms with Crippen molar-refractivity contribution in [3.05, 3.63) is 23.8 Å². The van der Waals surface area contributed by atoms with Gasteiger partial charge in [0, 0.05) is 38.1 Å². The van der Waals surface area contributed by atoms with Crippen LogP contribution in [0.3, 0.4) is 0 Å². The van der Waals surface area contributed by atoms with Crippen LogP contribution < -0.4 is 25.8 Å². The first kappa shape index (κ1) is 32.3. The second-order valence-corrected chi connectivity index (χ2v) is 11.5. The number of aliphatic hydroxyl groups excluding tert-OH is 1. The molecule has 8 nitrogen and oxygen atoms in total. The maximum absolute atomic E-state index is 13.1. The van der Waals surface area contributed by atoms with Gasteiger partial charge in [-0.05, 0) is 80.6 Å². The molecule has 0 saturated carbocycles. The summed E-state index contributed by atoms with van der Waals surface area (Å²) in [4.78, 5) is 13.1. The van der Waals surface area contributed by atoms with Gasteiger partial charge in [0.05, 0.1) is 19.8 Å². The molecule has 0 radical (unpaired) electrons. The van der Waals surface area contributed by atoms with E-state index in [1.165, 1.54) is 0 Å². The Balaban J connectivity index is 2.00. The summed E-state index contributed by atoms with van der Waals surface area (Å²) in [6, 6.07) is 5.86. The minimum absolute atomic E-state index is 0.0369. The molecule has 1 saturated heterocycles. The molecule has 5 N–H and O–H groups in total. The van der Waals surface area contributed by atoms with E-state index in [1.54, 1.807) is 14.2 Å². The van der Waals surface area contributed by atoms with E-state index >= 15 is 0 Å². The first-order valence-corrected chi connectivity index (χ1v) is 14.4. The number of rotatable bonds is 17. The molecule has 38 heavy (non-hydrogen) atoms. The van der Waals surface area contributed by atoms with Crippen molar-refractivity contribution >= 4 is 5.91 Å². The predicted octanol–water partition coefficient (Wildman–Crippen LogP) is 3.53. The predicted molar refractivity (Wildman–Crippen MR) is 153 cm³/mol. The number of aliphatic hydroxyl groups is 1. The lowest BCUT2D eigenvalue weighted by atomic mass is 9.80.